The van der Waals surface area contributed by atoms with Gasteiger partial charge in [0.1, 0.15) is 29.5 Å². The lowest BCUT2D eigenvalue weighted by atomic mass is 9.99. The van der Waals surface area contributed by atoms with Gasteiger partial charge in [0.2, 0.25) is 0 Å². The second kappa shape index (κ2) is 12.7. The summed E-state index contributed by atoms with van der Waals surface area (Å²) in [5, 5.41) is 18.9. The number of hydrogen-bond donors (Lipinski definition) is 3. The van der Waals surface area contributed by atoms with Gasteiger partial charge >= 0.3 is 0 Å². The Hall–Kier alpha value is -4.71. The third-order valence-corrected chi connectivity index (χ3v) is 7.89. The molecule has 8 heteroatoms. The fraction of sp³-hybridized carbons (Fsp3) is 0.257. The smallest absolute Gasteiger partial charge is 0.255 e. The van der Waals surface area contributed by atoms with E-state index in [2.05, 4.69) is 22.0 Å². The lowest BCUT2D eigenvalue weighted by Gasteiger charge is -2.19. The Balaban J connectivity index is 1.30. The van der Waals surface area contributed by atoms with E-state index in [1.165, 1.54) is 6.07 Å². The average Bonchev–Trinajstić information content (AvgIpc) is 3.74. The number of nitriles is 1. The second-order valence-electron chi connectivity index (χ2n) is 11.0. The highest BCUT2D eigenvalue weighted by Gasteiger charge is 2.21. The molecule has 2 aliphatic rings. The molecule has 4 aromatic rings. The van der Waals surface area contributed by atoms with Crippen molar-refractivity contribution in [3.8, 4) is 39.8 Å². The van der Waals surface area contributed by atoms with Crippen LogP contribution >= 0.6 is 0 Å². The summed E-state index contributed by atoms with van der Waals surface area (Å²) in [6.45, 7) is 5.05. The highest BCUT2D eigenvalue weighted by molar-refractivity contribution is 6.05. The van der Waals surface area contributed by atoms with Gasteiger partial charge in [-0.2, -0.15) is 5.26 Å². The van der Waals surface area contributed by atoms with Gasteiger partial charge in [0, 0.05) is 35.5 Å². The predicted molar refractivity (Wildman–Crippen MR) is 165 cm³/mol. The summed E-state index contributed by atoms with van der Waals surface area (Å²) < 4.78 is 26.7. The van der Waals surface area contributed by atoms with Crippen molar-refractivity contribution in [1.29, 1.82) is 5.26 Å². The maximum Gasteiger partial charge on any atom is 0.255 e. The molecule has 0 aromatic heterocycles. The third-order valence-electron chi connectivity index (χ3n) is 7.89. The molecule has 3 N–H and O–H groups in total. The van der Waals surface area contributed by atoms with E-state index in [0.29, 0.717) is 33.9 Å². The minimum absolute atomic E-state index is 0.0290. The number of hydrogen-bond acceptors (Lipinski definition) is 6. The molecule has 2 heterocycles. The zero-order valence-electron chi connectivity index (χ0n) is 24.0. The Morgan fingerprint density at radius 2 is 1.47 bits per heavy atom. The van der Waals surface area contributed by atoms with Crippen molar-refractivity contribution >= 4 is 11.6 Å². The normalized spacial score (nSPS) is 17.8. The largest absolute Gasteiger partial charge is 0.488 e. The van der Waals surface area contributed by atoms with Crippen LogP contribution in [0.15, 0.2) is 78.9 Å². The molecule has 1 amide bonds. The zero-order chi connectivity index (χ0) is 29.8. The van der Waals surface area contributed by atoms with Gasteiger partial charge in [0.05, 0.1) is 11.6 Å². The van der Waals surface area contributed by atoms with Gasteiger partial charge in [-0.3, -0.25) is 4.79 Å². The van der Waals surface area contributed by atoms with Crippen molar-refractivity contribution in [2.45, 2.75) is 32.0 Å². The number of anilines is 1. The minimum Gasteiger partial charge on any atom is -0.488 e. The molecule has 0 aliphatic carbocycles. The van der Waals surface area contributed by atoms with Crippen molar-refractivity contribution in [2.24, 2.45) is 0 Å². The molecule has 7 nitrogen and oxygen atoms in total. The molecule has 4 aromatic carbocycles. The number of aryl methyl sites for hydroxylation is 1. The fourth-order valence-corrected chi connectivity index (χ4v) is 5.49. The molecule has 6 rings (SSSR count). The maximum absolute atomic E-state index is 14.1. The van der Waals surface area contributed by atoms with Gasteiger partial charge in [0.15, 0.2) is 0 Å². The summed E-state index contributed by atoms with van der Waals surface area (Å²) in [5.74, 6) is 0.805. The molecule has 0 saturated carbocycles. The van der Waals surface area contributed by atoms with Crippen molar-refractivity contribution in [3.05, 3.63) is 101 Å². The van der Waals surface area contributed by atoms with Crippen LogP contribution in [0.3, 0.4) is 0 Å². The molecule has 2 fully saturated rings. The van der Waals surface area contributed by atoms with Crippen LogP contribution < -0.4 is 25.4 Å². The van der Waals surface area contributed by atoms with Crippen molar-refractivity contribution in [2.75, 3.05) is 31.5 Å². The van der Waals surface area contributed by atoms with E-state index in [1.54, 1.807) is 43.3 Å². The van der Waals surface area contributed by atoms with Crippen LogP contribution in [0.4, 0.5) is 10.1 Å². The summed E-state index contributed by atoms with van der Waals surface area (Å²) in [4.78, 5) is 13.6. The summed E-state index contributed by atoms with van der Waals surface area (Å²) in [5.41, 5.74) is 5.36. The van der Waals surface area contributed by atoms with Crippen LogP contribution in [0.2, 0.25) is 0 Å². The van der Waals surface area contributed by atoms with Crippen molar-refractivity contribution < 1.29 is 18.7 Å². The summed E-state index contributed by atoms with van der Waals surface area (Å²) in [6, 6.07) is 25.3. The number of nitrogens with zero attached hydrogens (tertiary/aromatic N) is 1. The molecular formula is C35H33FN4O3. The number of nitrogens with one attached hydrogen (secondary N) is 3. The van der Waals surface area contributed by atoms with E-state index in [9.17, 15) is 14.4 Å². The topological polar surface area (TPSA) is 95.4 Å². The Kier molecular flexibility index (Phi) is 8.36. The molecule has 0 unspecified atom stereocenters. The summed E-state index contributed by atoms with van der Waals surface area (Å²) in [6.07, 6.45) is 1.90. The first-order valence-corrected chi connectivity index (χ1v) is 14.6. The molecule has 43 heavy (non-hydrogen) atoms. The first-order valence-electron chi connectivity index (χ1n) is 14.6. The summed E-state index contributed by atoms with van der Waals surface area (Å²) in [7, 11) is 0. The van der Waals surface area contributed by atoms with Crippen molar-refractivity contribution in [3.63, 3.8) is 0 Å². The predicted octanol–water partition coefficient (Wildman–Crippen LogP) is 6.07. The van der Waals surface area contributed by atoms with Crippen molar-refractivity contribution in [1.82, 2.24) is 10.6 Å². The quantitative estimate of drug-likeness (QED) is 0.236. The monoisotopic (exact) mass is 576 g/mol. The third kappa shape index (κ3) is 6.54. The van der Waals surface area contributed by atoms with Gasteiger partial charge in [-0.25, -0.2) is 4.39 Å². The number of benzene rings is 4. The standard InChI is InChI=1S/C35H33FN4O3/c1-22-16-25(6-9-32(22)36)30-17-26(7-10-33(30)42-28-12-14-38-20-28)35(41)40-27-8-11-34(43-29-13-15-39-21-29)31(18-27)24-4-2-23(19-37)3-5-24/h2-11,16-18,28-29,38-39H,12-15,20-21H2,1H3,(H,40,41)/t28-,29-/m0/s1. The Morgan fingerprint density at radius 1 is 0.837 bits per heavy atom. The van der Waals surface area contributed by atoms with E-state index in [1.807, 2.05) is 36.4 Å². The van der Waals surface area contributed by atoms with Crippen LogP contribution in [-0.4, -0.2) is 44.3 Å². The van der Waals surface area contributed by atoms with Gasteiger partial charge in [-0.05, 0) is 110 Å². The number of amides is 1. The molecule has 2 aliphatic heterocycles. The molecule has 2 atom stereocenters. The first-order chi connectivity index (χ1) is 21.0. The first kappa shape index (κ1) is 28.4. The van der Waals surface area contributed by atoms with Gasteiger partial charge in [0.25, 0.3) is 5.91 Å². The van der Waals surface area contributed by atoms with E-state index >= 15 is 0 Å². The second-order valence-corrected chi connectivity index (χ2v) is 11.0. The number of halogens is 1. The van der Waals surface area contributed by atoms with Gasteiger partial charge in [-0.1, -0.05) is 18.2 Å². The molecular weight excluding hydrogens is 543 g/mol. The van der Waals surface area contributed by atoms with Crippen LogP contribution in [0.5, 0.6) is 11.5 Å². The molecule has 0 spiro atoms. The van der Waals surface area contributed by atoms with Gasteiger partial charge in [-0.15, -0.1) is 0 Å². The van der Waals surface area contributed by atoms with E-state index in [0.717, 1.165) is 61.3 Å². The highest BCUT2D eigenvalue weighted by Crippen LogP contribution is 2.36. The number of rotatable bonds is 8. The lowest BCUT2D eigenvalue weighted by Crippen LogP contribution is -2.20. The van der Waals surface area contributed by atoms with Crippen LogP contribution in [0.25, 0.3) is 22.3 Å². The van der Waals surface area contributed by atoms with E-state index in [-0.39, 0.29) is 23.9 Å². The van der Waals surface area contributed by atoms with Crippen LogP contribution in [-0.2, 0) is 0 Å². The number of ether oxygens (including phenoxy) is 2. The lowest BCUT2D eigenvalue weighted by molar-refractivity contribution is 0.102. The summed E-state index contributed by atoms with van der Waals surface area (Å²) >= 11 is 0. The molecule has 0 radical (unpaired) electrons. The van der Waals surface area contributed by atoms with Gasteiger partial charge < -0.3 is 25.4 Å². The molecule has 2 saturated heterocycles. The fourth-order valence-electron chi connectivity index (χ4n) is 5.49. The molecule has 218 valence electrons. The molecule has 0 bridgehead atoms. The SMILES string of the molecule is Cc1cc(-c2cc(C(=O)Nc3ccc(O[C@H]4CCNC4)c(-c4ccc(C#N)cc4)c3)ccc2O[C@H]2CCNC2)ccc1F. The zero-order valence-corrected chi connectivity index (χ0v) is 24.0. The average molecular weight is 577 g/mol. The maximum atomic E-state index is 14.1. The van der Waals surface area contributed by atoms with E-state index in [4.69, 9.17) is 9.47 Å². The Bertz CT molecular complexity index is 1670. The van der Waals surface area contributed by atoms with Crippen LogP contribution in [0.1, 0.15) is 34.3 Å². The Labute approximate surface area is 250 Å². The minimum atomic E-state index is -0.284. The number of carbonyl (C=O) groups excluding carboxylic acids is 1. The van der Waals surface area contributed by atoms with E-state index < -0.39 is 0 Å². The number of carbonyl (C=O) groups is 1. The van der Waals surface area contributed by atoms with Crippen LogP contribution in [0, 0.1) is 24.1 Å². The highest BCUT2D eigenvalue weighted by atomic mass is 19.1. The Morgan fingerprint density at radius 3 is 2.07 bits per heavy atom.